The Morgan fingerprint density at radius 3 is 2.85 bits per heavy atom. The average Bonchev–Trinajstić information content (AvgIpc) is 3.43. The molecule has 1 atom stereocenters. The van der Waals surface area contributed by atoms with Crippen LogP contribution in [0.25, 0.3) is 11.0 Å². The highest BCUT2D eigenvalue weighted by atomic mass is 16.7. The molecule has 11 nitrogen and oxygen atoms in total. The lowest BCUT2D eigenvalue weighted by Gasteiger charge is -2.29. The van der Waals surface area contributed by atoms with Gasteiger partial charge in [0.25, 0.3) is 0 Å². The Labute approximate surface area is 196 Å². The number of anilines is 1. The van der Waals surface area contributed by atoms with Crippen LogP contribution in [0.2, 0.25) is 0 Å². The molecule has 178 valence electrons. The van der Waals surface area contributed by atoms with Gasteiger partial charge in [-0.05, 0) is 61.9 Å². The van der Waals surface area contributed by atoms with Crippen molar-refractivity contribution in [3.05, 3.63) is 60.6 Å². The fourth-order valence-electron chi connectivity index (χ4n) is 3.54. The second-order valence-corrected chi connectivity index (χ2v) is 8.66. The van der Waals surface area contributed by atoms with Crippen molar-refractivity contribution >= 4 is 22.7 Å². The first-order chi connectivity index (χ1) is 16.2. The Bertz CT molecular complexity index is 1230. The number of esters is 1. The van der Waals surface area contributed by atoms with E-state index >= 15 is 0 Å². The number of H-pyrrole nitrogens is 1. The topological polar surface area (TPSA) is 139 Å². The number of fused-ring (bicyclic) bond motifs is 2. The lowest BCUT2D eigenvalue weighted by molar-refractivity contribution is -0.155. The number of nitrogens with one attached hydrogen (secondary N) is 2. The Hall–Kier alpha value is -4.28. The van der Waals surface area contributed by atoms with Gasteiger partial charge in [-0.25, -0.2) is 9.99 Å². The van der Waals surface area contributed by atoms with Crippen LogP contribution < -0.4 is 20.6 Å². The molecule has 0 fully saturated rings. The summed E-state index contributed by atoms with van der Waals surface area (Å²) in [4.78, 5) is 19.9. The van der Waals surface area contributed by atoms with E-state index in [9.17, 15) is 4.79 Å². The normalized spacial score (nSPS) is 13.7. The van der Waals surface area contributed by atoms with Gasteiger partial charge in [0.15, 0.2) is 11.5 Å². The number of imidazole rings is 1. The van der Waals surface area contributed by atoms with Crippen molar-refractivity contribution in [2.75, 3.05) is 18.7 Å². The van der Waals surface area contributed by atoms with Gasteiger partial charge in [0.2, 0.25) is 6.79 Å². The van der Waals surface area contributed by atoms with Gasteiger partial charge in [0.05, 0.1) is 29.1 Å². The molecule has 34 heavy (non-hydrogen) atoms. The summed E-state index contributed by atoms with van der Waals surface area (Å²) in [5.74, 6) is 6.11. The number of aromatic amines is 1. The second kappa shape index (κ2) is 9.30. The van der Waals surface area contributed by atoms with Gasteiger partial charge < -0.3 is 30.4 Å². The van der Waals surface area contributed by atoms with Crippen LogP contribution in [0.5, 0.6) is 11.5 Å². The number of hydrogen-bond donors (Lipinski definition) is 3. The number of carbonyl (C=O) groups excluding carboxylic acids is 1. The molecule has 3 aromatic rings. The molecular weight excluding hydrogens is 438 g/mol. The van der Waals surface area contributed by atoms with Crippen molar-refractivity contribution < 1.29 is 19.0 Å². The Morgan fingerprint density at radius 2 is 2.09 bits per heavy atom. The molecule has 0 saturated carbocycles. The first kappa shape index (κ1) is 22.9. The Morgan fingerprint density at radius 1 is 1.29 bits per heavy atom. The maximum absolute atomic E-state index is 12.5. The van der Waals surface area contributed by atoms with E-state index in [1.54, 1.807) is 27.1 Å². The van der Waals surface area contributed by atoms with Gasteiger partial charge in [-0.15, -0.1) is 0 Å². The number of carbonyl (C=O) groups is 1. The van der Waals surface area contributed by atoms with E-state index in [2.05, 4.69) is 32.3 Å². The standard InChI is InChI=1S/C23H27N7O4/c1-14(30(29-28-24)11-21(31)34-23(2,3)4)22(15-5-8-19-20(9-15)33-13-32-19)27-16-6-7-17-18(10-16)26-12-25-17/h5-10,12,22,27H,1,11,13H2,2-4H3,(H2,24,29)(H,25,26). The molecule has 11 heteroatoms. The van der Waals surface area contributed by atoms with Crippen LogP contribution >= 0.6 is 0 Å². The van der Waals surface area contributed by atoms with E-state index in [1.807, 2.05) is 36.4 Å². The van der Waals surface area contributed by atoms with Gasteiger partial charge in [-0.1, -0.05) is 17.9 Å². The number of ether oxygens (including phenoxy) is 3. The lowest BCUT2D eigenvalue weighted by atomic mass is 10.0. The van der Waals surface area contributed by atoms with Gasteiger partial charge in [0, 0.05) is 5.69 Å². The first-order valence-electron chi connectivity index (χ1n) is 10.6. The molecule has 4 N–H and O–H groups in total. The fraction of sp³-hybridized carbons (Fsp3) is 0.304. The highest BCUT2D eigenvalue weighted by Gasteiger charge is 2.27. The van der Waals surface area contributed by atoms with E-state index in [0.717, 1.165) is 22.3 Å². The quantitative estimate of drug-likeness (QED) is 0.197. The van der Waals surface area contributed by atoms with Crippen molar-refractivity contribution in [1.29, 1.82) is 0 Å². The zero-order valence-corrected chi connectivity index (χ0v) is 19.2. The lowest BCUT2D eigenvalue weighted by Crippen LogP contribution is -2.34. The highest BCUT2D eigenvalue weighted by molar-refractivity contribution is 5.79. The number of rotatable bonds is 8. The third-order valence-corrected chi connectivity index (χ3v) is 4.98. The van der Waals surface area contributed by atoms with Crippen molar-refractivity contribution in [3.8, 4) is 11.5 Å². The Balaban J connectivity index is 1.66. The molecule has 0 saturated heterocycles. The highest BCUT2D eigenvalue weighted by Crippen LogP contribution is 2.37. The molecule has 2 heterocycles. The molecule has 1 unspecified atom stereocenters. The van der Waals surface area contributed by atoms with Gasteiger partial charge in [-0.3, -0.25) is 4.79 Å². The maximum Gasteiger partial charge on any atom is 0.328 e. The fourth-order valence-corrected chi connectivity index (χ4v) is 3.54. The van der Waals surface area contributed by atoms with Crippen molar-refractivity contribution in [2.45, 2.75) is 32.4 Å². The minimum absolute atomic E-state index is 0.153. The zero-order valence-electron chi connectivity index (χ0n) is 19.2. The number of benzene rings is 2. The van der Waals surface area contributed by atoms with Crippen LogP contribution in [0.4, 0.5) is 5.69 Å². The van der Waals surface area contributed by atoms with E-state index in [1.165, 1.54) is 5.01 Å². The number of hydrogen-bond acceptors (Lipinski definition) is 8. The van der Waals surface area contributed by atoms with Gasteiger partial charge in [-0.2, -0.15) is 0 Å². The number of nitrogens with zero attached hydrogens (tertiary/aromatic N) is 4. The summed E-state index contributed by atoms with van der Waals surface area (Å²) < 4.78 is 16.4. The minimum atomic E-state index is -0.654. The number of nitrogens with two attached hydrogens (primary N) is 1. The van der Waals surface area contributed by atoms with Gasteiger partial charge in [0.1, 0.15) is 12.1 Å². The van der Waals surface area contributed by atoms with E-state index in [-0.39, 0.29) is 13.3 Å². The summed E-state index contributed by atoms with van der Waals surface area (Å²) in [6.07, 6.45) is 1.63. The molecule has 0 aliphatic carbocycles. The molecular formula is C23H27N7O4. The molecule has 1 aromatic heterocycles. The SMILES string of the molecule is C=C(C(Nc1ccc2nc[nH]c2c1)c1ccc2c(c1)OCO2)N(CC(=O)OC(C)(C)C)/N=N\N. The molecule has 1 aliphatic heterocycles. The van der Waals surface area contributed by atoms with Crippen LogP contribution in [0, 0.1) is 0 Å². The van der Waals surface area contributed by atoms with E-state index < -0.39 is 17.6 Å². The molecule has 1 aliphatic rings. The third-order valence-electron chi connectivity index (χ3n) is 4.98. The molecule has 4 rings (SSSR count). The maximum atomic E-state index is 12.5. The molecule has 0 amide bonds. The Kier molecular flexibility index (Phi) is 6.26. The largest absolute Gasteiger partial charge is 0.459 e. The summed E-state index contributed by atoms with van der Waals surface area (Å²) >= 11 is 0. The zero-order chi connectivity index (χ0) is 24.3. The van der Waals surface area contributed by atoms with Crippen LogP contribution in [0.15, 0.2) is 65.4 Å². The average molecular weight is 466 g/mol. The molecule has 0 bridgehead atoms. The van der Waals surface area contributed by atoms with Crippen molar-refractivity contribution in [3.63, 3.8) is 0 Å². The van der Waals surface area contributed by atoms with Crippen LogP contribution in [0.3, 0.4) is 0 Å². The molecule has 0 spiro atoms. The van der Waals surface area contributed by atoms with Gasteiger partial charge >= 0.3 is 5.97 Å². The summed E-state index contributed by atoms with van der Waals surface area (Å²) in [7, 11) is 0. The molecule has 2 aromatic carbocycles. The minimum Gasteiger partial charge on any atom is -0.459 e. The third kappa shape index (κ3) is 5.20. The van der Waals surface area contributed by atoms with E-state index in [4.69, 9.17) is 20.1 Å². The summed E-state index contributed by atoms with van der Waals surface area (Å²) in [6.45, 7) is 9.49. The van der Waals surface area contributed by atoms with Crippen molar-refractivity contribution in [1.82, 2.24) is 15.0 Å². The first-order valence-corrected chi connectivity index (χ1v) is 10.6. The molecule has 0 radical (unpaired) electrons. The van der Waals surface area contributed by atoms with Crippen LogP contribution in [-0.4, -0.2) is 39.9 Å². The number of aromatic nitrogens is 2. The van der Waals surface area contributed by atoms with Crippen LogP contribution in [-0.2, 0) is 9.53 Å². The second-order valence-electron chi connectivity index (χ2n) is 8.66. The predicted molar refractivity (Wildman–Crippen MR) is 126 cm³/mol. The summed E-state index contributed by atoms with van der Waals surface area (Å²) in [5, 5.41) is 12.1. The smallest absolute Gasteiger partial charge is 0.328 e. The summed E-state index contributed by atoms with van der Waals surface area (Å²) in [6, 6.07) is 10.8. The van der Waals surface area contributed by atoms with Crippen molar-refractivity contribution in [2.24, 2.45) is 16.3 Å². The van der Waals surface area contributed by atoms with E-state index in [0.29, 0.717) is 17.2 Å². The monoisotopic (exact) mass is 465 g/mol. The predicted octanol–water partition coefficient (Wildman–Crippen LogP) is 3.84. The summed E-state index contributed by atoms with van der Waals surface area (Å²) in [5.41, 5.74) is 3.07. The van der Waals surface area contributed by atoms with Crippen LogP contribution in [0.1, 0.15) is 32.4 Å².